The topological polar surface area (TPSA) is 64.6 Å². The van der Waals surface area contributed by atoms with Gasteiger partial charge in [0.05, 0.1) is 11.2 Å². The second kappa shape index (κ2) is 5.59. The third-order valence-electron chi connectivity index (χ3n) is 3.62. The molecule has 1 fully saturated rings. The highest BCUT2D eigenvalue weighted by molar-refractivity contribution is 5.98. The Morgan fingerprint density at radius 1 is 1.32 bits per heavy atom. The first-order valence-corrected chi connectivity index (χ1v) is 6.57. The van der Waals surface area contributed by atoms with Gasteiger partial charge >= 0.3 is 0 Å². The van der Waals surface area contributed by atoms with Crippen LogP contribution in [0.15, 0.2) is 24.3 Å². The molecule has 0 aromatic heterocycles. The quantitative estimate of drug-likeness (QED) is 0.712. The molecule has 0 bridgehead atoms. The summed E-state index contributed by atoms with van der Waals surface area (Å²) in [5.74, 6) is -0.0112. The summed E-state index contributed by atoms with van der Waals surface area (Å²) in [5, 5.41) is 15.8. The monoisotopic (exact) mass is 263 g/mol. The van der Waals surface area contributed by atoms with Crippen LogP contribution in [0, 0.1) is 0 Å². The number of rotatable bonds is 3. The Balaban J connectivity index is 2.08. The van der Waals surface area contributed by atoms with Gasteiger partial charge in [-0.3, -0.25) is 9.69 Å². The Morgan fingerprint density at radius 3 is 2.58 bits per heavy atom. The van der Waals surface area contributed by atoms with E-state index in [2.05, 4.69) is 15.5 Å². The predicted molar refractivity (Wildman–Crippen MR) is 75.3 cm³/mol. The first-order valence-electron chi connectivity index (χ1n) is 6.57. The summed E-state index contributed by atoms with van der Waals surface area (Å²) in [4.78, 5) is 14.6. The van der Waals surface area contributed by atoms with Crippen molar-refractivity contribution in [3.63, 3.8) is 0 Å². The van der Waals surface area contributed by atoms with Crippen molar-refractivity contribution in [3.8, 4) is 5.75 Å². The van der Waals surface area contributed by atoms with Crippen LogP contribution in [0.2, 0.25) is 0 Å². The van der Waals surface area contributed by atoms with E-state index in [0.717, 1.165) is 26.2 Å². The van der Waals surface area contributed by atoms with Gasteiger partial charge in [0.1, 0.15) is 5.75 Å². The number of phenolic OH excluding ortho intramolecular Hbond substituents is 1. The number of carbonyl (C=O) groups excluding carboxylic acids is 1. The summed E-state index contributed by atoms with van der Waals surface area (Å²) in [6, 6.07) is 6.77. The summed E-state index contributed by atoms with van der Waals surface area (Å²) in [7, 11) is 0. The number of amides is 1. The van der Waals surface area contributed by atoms with Gasteiger partial charge in [-0.2, -0.15) is 0 Å². The Bertz CT molecular complexity index is 454. The molecular formula is C14H21N3O2. The molecule has 0 spiro atoms. The van der Waals surface area contributed by atoms with Crippen molar-refractivity contribution in [3.05, 3.63) is 24.3 Å². The van der Waals surface area contributed by atoms with Gasteiger partial charge in [-0.15, -0.1) is 0 Å². The second-order valence-corrected chi connectivity index (χ2v) is 5.27. The average Bonchev–Trinajstić information content (AvgIpc) is 2.42. The summed E-state index contributed by atoms with van der Waals surface area (Å²) in [6.45, 7) is 7.31. The number of phenols is 1. The lowest BCUT2D eigenvalue weighted by Crippen LogP contribution is -2.58. The van der Waals surface area contributed by atoms with E-state index in [0.29, 0.717) is 5.69 Å². The van der Waals surface area contributed by atoms with E-state index >= 15 is 0 Å². The minimum absolute atomic E-state index is 0.0898. The third-order valence-corrected chi connectivity index (χ3v) is 3.62. The van der Waals surface area contributed by atoms with Crippen molar-refractivity contribution >= 4 is 11.6 Å². The van der Waals surface area contributed by atoms with Crippen LogP contribution in [0.4, 0.5) is 5.69 Å². The first-order chi connectivity index (χ1) is 9.01. The van der Waals surface area contributed by atoms with Gasteiger partial charge in [0.15, 0.2) is 0 Å². The Hall–Kier alpha value is -1.59. The number of para-hydroxylation sites is 2. The van der Waals surface area contributed by atoms with Gasteiger partial charge in [0.25, 0.3) is 0 Å². The van der Waals surface area contributed by atoms with Crippen LogP contribution in [-0.2, 0) is 4.79 Å². The SMILES string of the molecule is CC(C)(C(=O)Nc1ccccc1O)N1CCNCC1. The number of piperazine rings is 1. The number of benzene rings is 1. The van der Waals surface area contributed by atoms with Crippen molar-refractivity contribution in [2.24, 2.45) is 0 Å². The molecule has 0 unspecified atom stereocenters. The Morgan fingerprint density at radius 2 is 1.95 bits per heavy atom. The molecule has 2 rings (SSSR count). The van der Waals surface area contributed by atoms with Crippen LogP contribution in [0.3, 0.4) is 0 Å². The molecule has 5 nitrogen and oxygen atoms in total. The minimum atomic E-state index is -0.593. The molecule has 0 atom stereocenters. The summed E-state index contributed by atoms with van der Waals surface area (Å²) in [5.41, 5.74) is -0.139. The largest absolute Gasteiger partial charge is 0.506 e. The van der Waals surface area contributed by atoms with Crippen LogP contribution < -0.4 is 10.6 Å². The zero-order chi connectivity index (χ0) is 13.9. The van der Waals surface area contributed by atoms with Gasteiger partial charge in [0.2, 0.25) is 5.91 Å². The second-order valence-electron chi connectivity index (χ2n) is 5.27. The molecule has 3 N–H and O–H groups in total. The molecule has 1 aliphatic rings. The van der Waals surface area contributed by atoms with Crippen molar-refractivity contribution < 1.29 is 9.90 Å². The van der Waals surface area contributed by atoms with E-state index < -0.39 is 5.54 Å². The maximum absolute atomic E-state index is 12.4. The minimum Gasteiger partial charge on any atom is -0.506 e. The van der Waals surface area contributed by atoms with Gasteiger partial charge in [-0.05, 0) is 26.0 Å². The first kappa shape index (κ1) is 13.8. The van der Waals surface area contributed by atoms with E-state index in [1.807, 2.05) is 13.8 Å². The number of anilines is 1. The molecule has 1 heterocycles. The third kappa shape index (κ3) is 3.05. The Labute approximate surface area is 113 Å². The number of aromatic hydroxyl groups is 1. The number of hydrogen-bond acceptors (Lipinski definition) is 4. The molecule has 0 radical (unpaired) electrons. The lowest BCUT2D eigenvalue weighted by atomic mass is 10.00. The maximum Gasteiger partial charge on any atom is 0.244 e. The summed E-state index contributed by atoms with van der Waals surface area (Å²) >= 11 is 0. The van der Waals surface area contributed by atoms with Crippen LogP contribution in [0.1, 0.15) is 13.8 Å². The van der Waals surface area contributed by atoms with Crippen molar-refractivity contribution in [1.29, 1.82) is 0 Å². The zero-order valence-electron chi connectivity index (χ0n) is 11.4. The molecule has 1 aliphatic heterocycles. The fourth-order valence-electron chi connectivity index (χ4n) is 2.22. The van der Waals surface area contributed by atoms with Crippen LogP contribution in [0.25, 0.3) is 0 Å². The van der Waals surface area contributed by atoms with Gasteiger partial charge in [0, 0.05) is 26.2 Å². The molecule has 1 saturated heterocycles. The molecule has 1 amide bonds. The molecule has 0 saturated carbocycles. The van der Waals surface area contributed by atoms with Gasteiger partial charge < -0.3 is 15.7 Å². The fraction of sp³-hybridized carbons (Fsp3) is 0.500. The van der Waals surface area contributed by atoms with Crippen molar-refractivity contribution in [2.75, 3.05) is 31.5 Å². The zero-order valence-corrected chi connectivity index (χ0v) is 11.4. The Kier molecular flexibility index (Phi) is 4.07. The van der Waals surface area contributed by atoms with E-state index in [9.17, 15) is 9.90 Å². The lowest BCUT2D eigenvalue weighted by Gasteiger charge is -2.39. The normalized spacial score (nSPS) is 17.2. The highest BCUT2D eigenvalue weighted by Crippen LogP contribution is 2.24. The molecular weight excluding hydrogens is 242 g/mol. The number of nitrogens with zero attached hydrogens (tertiary/aromatic N) is 1. The smallest absolute Gasteiger partial charge is 0.244 e. The van der Waals surface area contributed by atoms with E-state index in [4.69, 9.17) is 0 Å². The molecule has 1 aromatic carbocycles. The number of hydrogen-bond donors (Lipinski definition) is 3. The maximum atomic E-state index is 12.4. The summed E-state index contributed by atoms with van der Waals surface area (Å²) in [6.07, 6.45) is 0. The van der Waals surface area contributed by atoms with Crippen LogP contribution >= 0.6 is 0 Å². The van der Waals surface area contributed by atoms with Crippen molar-refractivity contribution in [1.82, 2.24) is 10.2 Å². The highest BCUT2D eigenvalue weighted by atomic mass is 16.3. The average molecular weight is 263 g/mol. The summed E-state index contributed by atoms with van der Waals surface area (Å²) < 4.78 is 0. The van der Waals surface area contributed by atoms with Crippen LogP contribution in [-0.4, -0.2) is 47.6 Å². The molecule has 19 heavy (non-hydrogen) atoms. The molecule has 0 aliphatic carbocycles. The van der Waals surface area contributed by atoms with Crippen molar-refractivity contribution in [2.45, 2.75) is 19.4 Å². The lowest BCUT2D eigenvalue weighted by molar-refractivity contribution is -0.126. The number of carbonyl (C=O) groups is 1. The molecule has 1 aromatic rings. The van der Waals surface area contributed by atoms with Crippen LogP contribution in [0.5, 0.6) is 5.75 Å². The predicted octanol–water partition coefficient (Wildman–Crippen LogP) is 1.01. The fourth-order valence-corrected chi connectivity index (χ4v) is 2.22. The van der Waals surface area contributed by atoms with E-state index in [1.165, 1.54) is 0 Å². The van der Waals surface area contributed by atoms with Gasteiger partial charge in [-0.25, -0.2) is 0 Å². The molecule has 104 valence electrons. The standard InChI is InChI=1S/C14H21N3O2/c1-14(2,17-9-7-15-8-10-17)13(19)16-11-5-3-4-6-12(11)18/h3-6,15,18H,7-10H2,1-2H3,(H,16,19). The van der Waals surface area contributed by atoms with Gasteiger partial charge in [-0.1, -0.05) is 12.1 Å². The van der Waals surface area contributed by atoms with E-state index in [-0.39, 0.29) is 11.7 Å². The molecule has 5 heteroatoms. The van der Waals surface area contributed by atoms with E-state index in [1.54, 1.807) is 24.3 Å². The highest BCUT2D eigenvalue weighted by Gasteiger charge is 2.35. The number of nitrogens with one attached hydrogen (secondary N) is 2.